The molecule has 3 heterocycles. The minimum Gasteiger partial charge on any atom is -0.313 e. The SMILES string of the molecule is CC1=C(C)N2C(=NC3C2C(=O)N(Cc2ccccc2)C(=O)N3C)N1CCCl. The molecule has 0 spiro atoms. The Kier molecular flexibility index (Phi) is 4.34. The molecule has 0 aromatic heterocycles. The smallest absolute Gasteiger partial charge is 0.313 e. The number of hydrogen-bond acceptors (Lipinski definition) is 5. The highest BCUT2D eigenvalue weighted by Gasteiger charge is 2.55. The zero-order valence-corrected chi connectivity index (χ0v) is 16.3. The van der Waals surface area contributed by atoms with E-state index in [0.717, 1.165) is 17.0 Å². The fourth-order valence-corrected chi connectivity index (χ4v) is 4.11. The van der Waals surface area contributed by atoms with Crippen LogP contribution in [0.4, 0.5) is 4.79 Å². The van der Waals surface area contributed by atoms with E-state index in [0.29, 0.717) is 18.4 Å². The highest BCUT2D eigenvalue weighted by atomic mass is 35.5. The van der Waals surface area contributed by atoms with Gasteiger partial charge in [0, 0.05) is 30.9 Å². The molecule has 0 aliphatic carbocycles. The van der Waals surface area contributed by atoms with Crippen molar-refractivity contribution in [3.8, 4) is 0 Å². The predicted molar refractivity (Wildman–Crippen MR) is 103 cm³/mol. The molecular weight excluding hydrogens is 366 g/mol. The molecule has 8 heteroatoms. The molecule has 3 aliphatic rings. The van der Waals surface area contributed by atoms with Crippen molar-refractivity contribution in [3.63, 3.8) is 0 Å². The second kappa shape index (κ2) is 6.56. The molecule has 0 N–H and O–H groups in total. The summed E-state index contributed by atoms with van der Waals surface area (Å²) in [5.74, 6) is 0.941. The summed E-state index contributed by atoms with van der Waals surface area (Å²) < 4.78 is 0. The molecule has 1 fully saturated rings. The number of rotatable bonds is 4. The monoisotopic (exact) mass is 387 g/mol. The maximum Gasteiger partial charge on any atom is 0.328 e. The van der Waals surface area contributed by atoms with Crippen LogP contribution in [-0.2, 0) is 11.3 Å². The highest BCUT2D eigenvalue weighted by molar-refractivity contribution is 6.18. The molecule has 7 nitrogen and oxygen atoms in total. The first-order valence-corrected chi connectivity index (χ1v) is 9.49. The van der Waals surface area contributed by atoms with Crippen molar-refractivity contribution in [2.24, 2.45) is 4.99 Å². The van der Waals surface area contributed by atoms with Gasteiger partial charge in [-0.15, -0.1) is 11.6 Å². The first kappa shape index (κ1) is 17.9. The van der Waals surface area contributed by atoms with Crippen molar-refractivity contribution in [1.82, 2.24) is 19.6 Å². The average molecular weight is 388 g/mol. The van der Waals surface area contributed by atoms with Crippen LogP contribution in [0.15, 0.2) is 46.7 Å². The van der Waals surface area contributed by atoms with Gasteiger partial charge in [-0.2, -0.15) is 0 Å². The number of allylic oxidation sites excluding steroid dienone is 2. The number of halogens is 1. The summed E-state index contributed by atoms with van der Waals surface area (Å²) in [6, 6.07) is 8.68. The van der Waals surface area contributed by atoms with E-state index >= 15 is 0 Å². The van der Waals surface area contributed by atoms with Crippen molar-refractivity contribution in [2.75, 3.05) is 19.5 Å². The molecular formula is C19H22ClN5O2. The summed E-state index contributed by atoms with van der Waals surface area (Å²) >= 11 is 5.95. The van der Waals surface area contributed by atoms with Crippen LogP contribution in [0.25, 0.3) is 0 Å². The Bertz CT molecular complexity index is 853. The largest absolute Gasteiger partial charge is 0.328 e. The Morgan fingerprint density at radius 2 is 1.78 bits per heavy atom. The molecule has 3 amide bonds. The molecule has 4 rings (SSSR count). The minimum atomic E-state index is -0.540. The lowest BCUT2D eigenvalue weighted by atomic mass is 10.1. The Morgan fingerprint density at radius 3 is 2.44 bits per heavy atom. The van der Waals surface area contributed by atoms with Crippen LogP contribution >= 0.6 is 11.6 Å². The lowest BCUT2D eigenvalue weighted by Gasteiger charge is -2.40. The molecule has 1 aromatic rings. The van der Waals surface area contributed by atoms with Gasteiger partial charge in [-0.1, -0.05) is 30.3 Å². The maximum absolute atomic E-state index is 13.3. The predicted octanol–water partition coefficient (Wildman–Crippen LogP) is 2.25. The minimum absolute atomic E-state index is 0.217. The third kappa shape index (κ3) is 2.60. The summed E-state index contributed by atoms with van der Waals surface area (Å²) in [6.45, 7) is 4.84. The molecule has 2 unspecified atom stereocenters. The van der Waals surface area contributed by atoms with Gasteiger partial charge < -0.3 is 9.80 Å². The topological polar surface area (TPSA) is 59.5 Å². The van der Waals surface area contributed by atoms with E-state index in [1.165, 1.54) is 4.90 Å². The van der Waals surface area contributed by atoms with Crippen molar-refractivity contribution in [2.45, 2.75) is 32.6 Å². The molecule has 1 aromatic carbocycles. The van der Waals surface area contributed by atoms with Gasteiger partial charge in [0.25, 0.3) is 5.91 Å². The Labute approximate surface area is 163 Å². The number of hydrogen-bond donors (Lipinski definition) is 0. The second-order valence-electron chi connectivity index (χ2n) is 6.97. The average Bonchev–Trinajstić information content (AvgIpc) is 3.16. The summed E-state index contributed by atoms with van der Waals surface area (Å²) in [5, 5.41) is 0. The number of amides is 3. The molecule has 0 saturated carbocycles. The van der Waals surface area contributed by atoms with Gasteiger partial charge in [0.2, 0.25) is 5.96 Å². The van der Waals surface area contributed by atoms with Crippen molar-refractivity contribution >= 4 is 29.5 Å². The van der Waals surface area contributed by atoms with Crippen LogP contribution < -0.4 is 0 Å². The highest BCUT2D eigenvalue weighted by Crippen LogP contribution is 2.37. The van der Waals surface area contributed by atoms with Gasteiger partial charge in [-0.05, 0) is 19.4 Å². The van der Waals surface area contributed by atoms with E-state index in [4.69, 9.17) is 16.6 Å². The Morgan fingerprint density at radius 1 is 1.07 bits per heavy atom. The number of imide groups is 1. The molecule has 2 atom stereocenters. The van der Waals surface area contributed by atoms with Gasteiger partial charge >= 0.3 is 6.03 Å². The number of aliphatic imine (C=N–C) groups is 1. The zero-order chi connectivity index (χ0) is 19.3. The van der Waals surface area contributed by atoms with E-state index in [-0.39, 0.29) is 18.5 Å². The molecule has 1 saturated heterocycles. The second-order valence-corrected chi connectivity index (χ2v) is 7.35. The van der Waals surface area contributed by atoms with Crippen LogP contribution in [0.1, 0.15) is 19.4 Å². The quantitative estimate of drug-likeness (QED) is 0.743. The summed E-state index contributed by atoms with van der Waals surface area (Å²) in [5.41, 5.74) is 2.93. The fraction of sp³-hybridized carbons (Fsp3) is 0.421. The lowest BCUT2D eigenvalue weighted by molar-refractivity contribution is -0.137. The van der Waals surface area contributed by atoms with E-state index in [1.54, 1.807) is 11.9 Å². The van der Waals surface area contributed by atoms with Crippen LogP contribution in [0.5, 0.6) is 0 Å². The first-order chi connectivity index (χ1) is 13.0. The van der Waals surface area contributed by atoms with Crippen molar-refractivity contribution in [3.05, 3.63) is 47.3 Å². The maximum atomic E-state index is 13.3. The van der Waals surface area contributed by atoms with Crippen LogP contribution in [0.2, 0.25) is 0 Å². The Balaban J connectivity index is 1.68. The van der Waals surface area contributed by atoms with Crippen molar-refractivity contribution in [1.29, 1.82) is 0 Å². The molecule has 0 radical (unpaired) electrons. The number of guanidine groups is 1. The standard InChI is InChI=1S/C19H22ClN5O2/c1-12-13(2)25-15-16(21-18(25)23(12)10-9-20)22(3)19(27)24(17(15)26)11-14-7-5-4-6-8-14/h4-8,15-16H,9-11H2,1-3H3. The normalized spacial score (nSPS) is 24.7. The number of nitrogens with zero attached hydrogens (tertiary/aromatic N) is 5. The zero-order valence-electron chi connectivity index (χ0n) is 15.6. The number of alkyl halides is 1. The van der Waals surface area contributed by atoms with E-state index in [1.807, 2.05) is 54.0 Å². The van der Waals surface area contributed by atoms with Gasteiger partial charge in [0.15, 0.2) is 12.2 Å². The summed E-state index contributed by atoms with van der Waals surface area (Å²) in [6.07, 6.45) is -0.520. The Hall–Kier alpha value is -2.54. The molecule has 3 aliphatic heterocycles. The van der Waals surface area contributed by atoms with Gasteiger partial charge in [0.1, 0.15) is 0 Å². The summed E-state index contributed by atoms with van der Waals surface area (Å²) in [7, 11) is 1.70. The summed E-state index contributed by atoms with van der Waals surface area (Å²) in [4.78, 5) is 37.8. The number of benzene rings is 1. The van der Waals surface area contributed by atoms with Gasteiger partial charge in [0.05, 0.1) is 6.54 Å². The van der Waals surface area contributed by atoms with E-state index in [9.17, 15) is 9.59 Å². The van der Waals surface area contributed by atoms with E-state index < -0.39 is 12.2 Å². The van der Waals surface area contributed by atoms with E-state index in [2.05, 4.69) is 0 Å². The van der Waals surface area contributed by atoms with Crippen LogP contribution in [0.3, 0.4) is 0 Å². The van der Waals surface area contributed by atoms with Crippen LogP contribution in [-0.4, -0.2) is 69.2 Å². The number of carbonyl (C=O) groups excluding carboxylic acids is 2. The first-order valence-electron chi connectivity index (χ1n) is 8.95. The number of likely N-dealkylation sites (N-methyl/N-ethyl adjacent to an activating group) is 1. The fourth-order valence-electron chi connectivity index (χ4n) is 3.94. The third-order valence-electron chi connectivity index (χ3n) is 5.50. The number of carbonyl (C=O) groups is 2. The molecule has 27 heavy (non-hydrogen) atoms. The van der Waals surface area contributed by atoms with Gasteiger partial charge in [-0.25, -0.2) is 9.79 Å². The molecule has 0 bridgehead atoms. The van der Waals surface area contributed by atoms with Gasteiger partial charge in [-0.3, -0.25) is 14.6 Å². The van der Waals surface area contributed by atoms with Crippen LogP contribution in [0, 0.1) is 0 Å². The number of fused-ring (bicyclic) bond motifs is 3. The third-order valence-corrected chi connectivity index (χ3v) is 5.66. The van der Waals surface area contributed by atoms with Crippen molar-refractivity contribution < 1.29 is 9.59 Å². The molecule has 142 valence electrons. The lowest BCUT2D eigenvalue weighted by Crippen LogP contribution is -2.64. The number of urea groups is 1.